The second kappa shape index (κ2) is 3.14. The van der Waals surface area contributed by atoms with Crippen LogP contribution in [0.4, 0.5) is 0 Å². The third-order valence-electron chi connectivity index (χ3n) is 2.90. The van der Waals surface area contributed by atoms with Gasteiger partial charge in [0.15, 0.2) is 0 Å². The maximum Gasteiger partial charge on any atom is 0.0553 e. The molecule has 1 aromatic rings. The Hall–Kier alpha value is -0.830. The summed E-state index contributed by atoms with van der Waals surface area (Å²) in [5.74, 6) is 0. The summed E-state index contributed by atoms with van der Waals surface area (Å²) in [6.07, 6.45) is 3.16. The lowest BCUT2D eigenvalue weighted by molar-refractivity contribution is 0.198. The van der Waals surface area contributed by atoms with E-state index in [0.717, 1.165) is 13.0 Å². The van der Waals surface area contributed by atoms with E-state index >= 15 is 0 Å². The zero-order chi connectivity index (χ0) is 9.42. The van der Waals surface area contributed by atoms with Gasteiger partial charge in [0.25, 0.3) is 0 Å². The molecular formula is C10H17N3. The van der Waals surface area contributed by atoms with Crippen LogP contribution in [0.25, 0.3) is 0 Å². The van der Waals surface area contributed by atoms with Crippen molar-refractivity contribution in [2.45, 2.75) is 32.9 Å². The fourth-order valence-corrected chi connectivity index (χ4v) is 1.90. The molecule has 1 aliphatic heterocycles. The Balaban J connectivity index is 2.22. The van der Waals surface area contributed by atoms with E-state index in [1.165, 1.54) is 17.8 Å². The summed E-state index contributed by atoms with van der Waals surface area (Å²) in [6, 6.07) is 0.642. The Bertz CT molecular complexity index is 301. The molecular weight excluding hydrogens is 162 g/mol. The molecule has 13 heavy (non-hydrogen) atoms. The van der Waals surface area contributed by atoms with Gasteiger partial charge in [-0.3, -0.25) is 9.58 Å². The van der Waals surface area contributed by atoms with E-state index in [-0.39, 0.29) is 0 Å². The van der Waals surface area contributed by atoms with Crippen molar-refractivity contribution in [2.75, 3.05) is 6.54 Å². The molecule has 0 saturated carbocycles. The summed E-state index contributed by atoms with van der Waals surface area (Å²) in [7, 11) is 2.03. The minimum absolute atomic E-state index is 0.642. The lowest BCUT2D eigenvalue weighted by Crippen LogP contribution is -2.36. The maximum atomic E-state index is 4.28. The Labute approximate surface area is 79.3 Å². The molecule has 2 rings (SSSR count). The first-order valence-electron chi connectivity index (χ1n) is 4.92. The predicted octanol–water partition coefficient (Wildman–Crippen LogP) is 1.19. The van der Waals surface area contributed by atoms with Crippen molar-refractivity contribution >= 4 is 0 Å². The quantitative estimate of drug-likeness (QED) is 0.645. The SMILES string of the molecule is CC(C)N1CCc2cnn(C)c2C1. The van der Waals surface area contributed by atoms with E-state index in [2.05, 4.69) is 23.8 Å². The summed E-state index contributed by atoms with van der Waals surface area (Å²) >= 11 is 0. The highest BCUT2D eigenvalue weighted by Crippen LogP contribution is 2.19. The van der Waals surface area contributed by atoms with Gasteiger partial charge in [-0.2, -0.15) is 5.10 Å². The smallest absolute Gasteiger partial charge is 0.0553 e. The largest absolute Gasteiger partial charge is 0.295 e. The van der Waals surface area contributed by atoms with Crippen LogP contribution < -0.4 is 0 Å². The first kappa shape index (κ1) is 8.75. The van der Waals surface area contributed by atoms with Gasteiger partial charge in [-0.05, 0) is 25.8 Å². The van der Waals surface area contributed by atoms with Gasteiger partial charge in [0.05, 0.1) is 11.9 Å². The standard InChI is InChI=1S/C10H17N3/c1-8(2)13-5-4-9-6-11-12(3)10(9)7-13/h6,8H,4-5,7H2,1-3H3. The zero-order valence-corrected chi connectivity index (χ0v) is 8.62. The van der Waals surface area contributed by atoms with Gasteiger partial charge in [0.2, 0.25) is 0 Å². The third kappa shape index (κ3) is 1.48. The van der Waals surface area contributed by atoms with Crippen LogP contribution in [0.15, 0.2) is 6.20 Å². The normalized spacial score (nSPS) is 17.8. The molecule has 1 aliphatic rings. The van der Waals surface area contributed by atoms with Crippen LogP contribution in [0.5, 0.6) is 0 Å². The molecule has 0 radical (unpaired) electrons. The molecule has 0 spiro atoms. The molecule has 0 aliphatic carbocycles. The molecule has 3 heteroatoms. The molecule has 0 saturated heterocycles. The number of rotatable bonds is 1. The van der Waals surface area contributed by atoms with E-state index in [1.54, 1.807) is 0 Å². The molecule has 0 amide bonds. The van der Waals surface area contributed by atoms with Crippen molar-refractivity contribution in [1.82, 2.24) is 14.7 Å². The van der Waals surface area contributed by atoms with Crippen molar-refractivity contribution in [3.8, 4) is 0 Å². The Morgan fingerprint density at radius 2 is 2.23 bits per heavy atom. The van der Waals surface area contributed by atoms with Crippen molar-refractivity contribution in [3.05, 3.63) is 17.5 Å². The topological polar surface area (TPSA) is 21.1 Å². The summed E-state index contributed by atoms with van der Waals surface area (Å²) in [5, 5.41) is 4.28. The van der Waals surface area contributed by atoms with E-state index < -0.39 is 0 Å². The fourth-order valence-electron chi connectivity index (χ4n) is 1.90. The molecule has 2 heterocycles. The minimum atomic E-state index is 0.642. The van der Waals surface area contributed by atoms with Crippen LogP contribution in [0.3, 0.4) is 0 Å². The van der Waals surface area contributed by atoms with Gasteiger partial charge in [-0.1, -0.05) is 0 Å². The summed E-state index contributed by atoms with van der Waals surface area (Å²) in [6.45, 7) is 6.74. The van der Waals surface area contributed by atoms with Gasteiger partial charge in [0.1, 0.15) is 0 Å². The van der Waals surface area contributed by atoms with Crippen molar-refractivity contribution in [1.29, 1.82) is 0 Å². The van der Waals surface area contributed by atoms with Gasteiger partial charge in [-0.15, -0.1) is 0 Å². The van der Waals surface area contributed by atoms with Crippen molar-refractivity contribution in [3.63, 3.8) is 0 Å². The van der Waals surface area contributed by atoms with E-state index in [9.17, 15) is 0 Å². The van der Waals surface area contributed by atoms with Crippen LogP contribution in [-0.4, -0.2) is 27.3 Å². The molecule has 0 fully saturated rings. The number of aromatic nitrogens is 2. The van der Waals surface area contributed by atoms with E-state index in [4.69, 9.17) is 0 Å². The van der Waals surface area contributed by atoms with Crippen LogP contribution >= 0.6 is 0 Å². The molecule has 0 bridgehead atoms. The van der Waals surface area contributed by atoms with Gasteiger partial charge >= 0.3 is 0 Å². The second-order valence-corrected chi connectivity index (χ2v) is 4.05. The van der Waals surface area contributed by atoms with E-state index in [1.807, 2.05) is 17.9 Å². The number of hydrogen-bond donors (Lipinski definition) is 0. The number of aryl methyl sites for hydroxylation is 1. The average molecular weight is 179 g/mol. The monoisotopic (exact) mass is 179 g/mol. The molecule has 0 N–H and O–H groups in total. The molecule has 0 atom stereocenters. The summed E-state index contributed by atoms with van der Waals surface area (Å²) < 4.78 is 2.00. The summed E-state index contributed by atoms with van der Waals surface area (Å²) in [4.78, 5) is 2.49. The third-order valence-corrected chi connectivity index (χ3v) is 2.90. The number of nitrogens with zero attached hydrogens (tertiary/aromatic N) is 3. The minimum Gasteiger partial charge on any atom is -0.295 e. The van der Waals surface area contributed by atoms with Crippen LogP contribution in [0, 0.1) is 0 Å². The van der Waals surface area contributed by atoms with E-state index in [0.29, 0.717) is 6.04 Å². The molecule has 72 valence electrons. The Morgan fingerprint density at radius 3 is 2.92 bits per heavy atom. The number of fused-ring (bicyclic) bond motifs is 1. The van der Waals surface area contributed by atoms with Crippen LogP contribution in [-0.2, 0) is 20.0 Å². The molecule has 0 aromatic carbocycles. The van der Waals surface area contributed by atoms with Gasteiger partial charge in [0, 0.05) is 26.2 Å². The Morgan fingerprint density at radius 1 is 1.46 bits per heavy atom. The van der Waals surface area contributed by atoms with Gasteiger partial charge < -0.3 is 0 Å². The second-order valence-electron chi connectivity index (χ2n) is 4.05. The lowest BCUT2D eigenvalue weighted by atomic mass is 10.1. The summed E-state index contributed by atoms with van der Waals surface area (Å²) in [5.41, 5.74) is 2.82. The number of hydrogen-bond acceptors (Lipinski definition) is 2. The fraction of sp³-hybridized carbons (Fsp3) is 0.700. The first-order chi connectivity index (χ1) is 6.18. The van der Waals surface area contributed by atoms with Crippen molar-refractivity contribution < 1.29 is 0 Å². The van der Waals surface area contributed by atoms with Crippen molar-refractivity contribution in [2.24, 2.45) is 7.05 Å². The average Bonchev–Trinajstić information content (AvgIpc) is 2.47. The van der Waals surface area contributed by atoms with Gasteiger partial charge in [-0.25, -0.2) is 0 Å². The van der Waals surface area contributed by atoms with Crippen LogP contribution in [0.2, 0.25) is 0 Å². The lowest BCUT2D eigenvalue weighted by Gasteiger charge is -2.30. The predicted molar refractivity (Wildman–Crippen MR) is 52.5 cm³/mol. The first-order valence-corrected chi connectivity index (χ1v) is 4.92. The molecule has 0 unspecified atom stereocenters. The Kier molecular flexibility index (Phi) is 2.12. The highest BCUT2D eigenvalue weighted by molar-refractivity contribution is 5.20. The maximum absolute atomic E-state index is 4.28. The molecule has 1 aromatic heterocycles. The van der Waals surface area contributed by atoms with Crippen LogP contribution in [0.1, 0.15) is 25.1 Å². The highest BCUT2D eigenvalue weighted by atomic mass is 15.3. The zero-order valence-electron chi connectivity index (χ0n) is 8.62. The molecule has 3 nitrogen and oxygen atoms in total. The highest BCUT2D eigenvalue weighted by Gasteiger charge is 2.20.